The molecule has 9 nitrogen and oxygen atoms in total. The van der Waals surface area contributed by atoms with Crippen LogP contribution in [0.5, 0.6) is 0 Å². The number of aryl methyl sites for hydroxylation is 1. The average molecular weight is 392 g/mol. The largest absolute Gasteiger partial charge is 0.455 e. The number of nitrogens with one attached hydrogen (secondary N) is 1. The van der Waals surface area contributed by atoms with Gasteiger partial charge < -0.3 is 14.3 Å². The Morgan fingerprint density at radius 3 is 2.76 bits per heavy atom. The second-order valence-corrected chi connectivity index (χ2v) is 8.10. The molecule has 1 N–H and O–H groups in total. The summed E-state index contributed by atoms with van der Waals surface area (Å²) in [7, 11) is 1.36. The fraction of sp³-hybridized carbons (Fsp3) is 0.571. The molecule has 2 aromatic heterocycles. The summed E-state index contributed by atoms with van der Waals surface area (Å²) in [5.74, 6) is 1.26. The highest BCUT2D eigenvalue weighted by Gasteiger charge is 2.28. The topological polar surface area (TPSA) is 105 Å². The van der Waals surface area contributed by atoms with Gasteiger partial charge in [0.1, 0.15) is 10.7 Å². The molecule has 1 atom stereocenters. The van der Waals surface area contributed by atoms with Crippen LogP contribution in [0.3, 0.4) is 0 Å². The van der Waals surface area contributed by atoms with Crippen molar-refractivity contribution in [2.45, 2.75) is 17.9 Å². The Kier molecular flexibility index (Phi) is 5.89. The molecule has 0 bridgehead atoms. The number of furan rings is 1. The molecule has 0 aliphatic carbocycles. The minimum Gasteiger partial charge on any atom is -0.455 e. The second-order valence-electron chi connectivity index (χ2n) is 5.98. The van der Waals surface area contributed by atoms with Crippen molar-refractivity contribution >= 4 is 22.4 Å². The molecule has 1 saturated heterocycles. The van der Waals surface area contributed by atoms with E-state index in [-0.39, 0.29) is 40.8 Å². The minimum absolute atomic E-state index is 0. The van der Waals surface area contributed by atoms with Crippen LogP contribution in [-0.2, 0) is 10.0 Å². The zero-order valence-electron chi connectivity index (χ0n) is 14.5. The van der Waals surface area contributed by atoms with Crippen LogP contribution < -0.4 is 5.32 Å². The fourth-order valence-corrected chi connectivity index (χ4v) is 3.64. The van der Waals surface area contributed by atoms with Gasteiger partial charge in [-0.3, -0.25) is 4.90 Å². The zero-order chi connectivity index (χ0) is 17.5. The van der Waals surface area contributed by atoms with Gasteiger partial charge >= 0.3 is 0 Å². The third-order valence-corrected chi connectivity index (χ3v) is 6.02. The van der Waals surface area contributed by atoms with E-state index in [4.69, 9.17) is 8.94 Å². The quantitative estimate of drug-likeness (QED) is 0.819. The van der Waals surface area contributed by atoms with E-state index in [2.05, 4.69) is 20.4 Å². The van der Waals surface area contributed by atoms with Gasteiger partial charge in [-0.15, -0.1) is 12.4 Å². The number of sulfonamides is 1. The van der Waals surface area contributed by atoms with E-state index in [1.165, 1.54) is 20.2 Å². The molecule has 140 valence electrons. The summed E-state index contributed by atoms with van der Waals surface area (Å²) in [4.78, 5) is 6.61. The van der Waals surface area contributed by atoms with Gasteiger partial charge in [-0.1, -0.05) is 5.16 Å². The van der Waals surface area contributed by atoms with Crippen LogP contribution >= 0.6 is 12.4 Å². The van der Waals surface area contributed by atoms with Crippen molar-refractivity contribution in [1.82, 2.24) is 24.7 Å². The molecule has 3 rings (SSSR count). The Morgan fingerprint density at radius 1 is 1.40 bits per heavy atom. The molecule has 1 fully saturated rings. The van der Waals surface area contributed by atoms with E-state index < -0.39 is 10.0 Å². The summed E-state index contributed by atoms with van der Waals surface area (Å²) < 4.78 is 36.5. The van der Waals surface area contributed by atoms with Crippen molar-refractivity contribution in [1.29, 1.82) is 0 Å². The zero-order valence-corrected chi connectivity index (χ0v) is 16.1. The van der Waals surface area contributed by atoms with E-state index in [0.29, 0.717) is 5.82 Å². The highest BCUT2D eigenvalue weighted by atomic mass is 35.5. The maximum atomic E-state index is 12.3. The minimum atomic E-state index is -3.59. The lowest BCUT2D eigenvalue weighted by Crippen LogP contribution is -2.44. The van der Waals surface area contributed by atoms with Gasteiger partial charge in [-0.05, 0) is 14.0 Å². The Hall–Kier alpha value is -1.46. The summed E-state index contributed by atoms with van der Waals surface area (Å²) in [6, 6.07) is 1.43. The van der Waals surface area contributed by atoms with Crippen LogP contribution in [0, 0.1) is 6.92 Å². The standard InChI is InChI=1S/C14H21N5O4S.ClH/c1-9-12(24(20,21)18(2)3)7-11(22-9)14-16-13(17-23-14)10-8-15-5-6-19(10)4;/h7,10,15H,5-6,8H2,1-4H3;1H. The lowest BCUT2D eigenvalue weighted by molar-refractivity contribution is 0.190. The first kappa shape index (κ1) is 19.9. The van der Waals surface area contributed by atoms with Crippen LogP contribution in [0.1, 0.15) is 17.6 Å². The highest BCUT2D eigenvalue weighted by molar-refractivity contribution is 7.89. The molecule has 0 saturated carbocycles. The first-order chi connectivity index (χ1) is 11.3. The van der Waals surface area contributed by atoms with Gasteiger partial charge in [0.05, 0.1) is 6.04 Å². The lowest BCUT2D eigenvalue weighted by Gasteiger charge is -2.30. The van der Waals surface area contributed by atoms with Gasteiger partial charge in [-0.25, -0.2) is 12.7 Å². The van der Waals surface area contributed by atoms with E-state index in [9.17, 15) is 8.42 Å². The smallest absolute Gasteiger partial charge is 0.293 e. The Labute approximate surface area is 152 Å². The lowest BCUT2D eigenvalue weighted by atomic mass is 10.2. The number of halogens is 1. The molecule has 1 unspecified atom stereocenters. The SMILES string of the molecule is Cc1oc(-c2nc(C3CNCCN3C)no2)cc1S(=O)(=O)N(C)C.Cl. The third kappa shape index (κ3) is 3.72. The first-order valence-corrected chi connectivity index (χ1v) is 9.02. The van der Waals surface area contributed by atoms with Crippen molar-refractivity contribution in [2.75, 3.05) is 40.8 Å². The maximum absolute atomic E-state index is 12.3. The number of hydrogen-bond donors (Lipinski definition) is 1. The predicted molar refractivity (Wildman–Crippen MR) is 93.1 cm³/mol. The van der Waals surface area contributed by atoms with Crippen molar-refractivity contribution in [3.05, 3.63) is 17.7 Å². The van der Waals surface area contributed by atoms with Crippen LogP contribution in [0.15, 0.2) is 19.9 Å². The molecule has 11 heteroatoms. The maximum Gasteiger partial charge on any atom is 0.293 e. The summed E-state index contributed by atoms with van der Waals surface area (Å²) >= 11 is 0. The molecule has 0 aromatic carbocycles. The van der Waals surface area contributed by atoms with Gasteiger partial charge in [0.15, 0.2) is 11.6 Å². The van der Waals surface area contributed by atoms with Gasteiger partial charge in [0, 0.05) is 39.8 Å². The Morgan fingerprint density at radius 2 is 2.12 bits per heavy atom. The van der Waals surface area contributed by atoms with Crippen LogP contribution in [0.4, 0.5) is 0 Å². The summed E-state index contributed by atoms with van der Waals surface area (Å²) in [5, 5.41) is 7.30. The van der Waals surface area contributed by atoms with E-state index in [1.54, 1.807) is 6.92 Å². The molecular weight excluding hydrogens is 370 g/mol. The molecule has 25 heavy (non-hydrogen) atoms. The molecule has 0 radical (unpaired) electrons. The molecule has 3 heterocycles. The third-order valence-electron chi connectivity index (χ3n) is 4.09. The van der Waals surface area contributed by atoms with Crippen LogP contribution in [0.25, 0.3) is 11.7 Å². The van der Waals surface area contributed by atoms with Crippen molar-refractivity contribution < 1.29 is 17.4 Å². The van der Waals surface area contributed by atoms with Gasteiger partial charge in [0.2, 0.25) is 10.0 Å². The van der Waals surface area contributed by atoms with Crippen LogP contribution in [0.2, 0.25) is 0 Å². The predicted octanol–water partition coefficient (Wildman–Crippen LogP) is 0.886. The molecule has 0 spiro atoms. The van der Waals surface area contributed by atoms with Gasteiger partial charge in [-0.2, -0.15) is 4.98 Å². The highest BCUT2D eigenvalue weighted by Crippen LogP contribution is 2.29. The second kappa shape index (κ2) is 7.42. The molecule has 1 aliphatic rings. The fourth-order valence-electron chi connectivity index (χ4n) is 2.59. The molecule has 1 aliphatic heterocycles. The summed E-state index contributed by atoms with van der Waals surface area (Å²) in [6.07, 6.45) is 0. The number of aromatic nitrogens is 2. The van der Waals surface area contributed by atoms with Crippen molar-refractivity contribution in [3.8, 4) is 11.7 Å². The monoisotopic (exact) mass is 391 g/mol. The number of nitrogens with zero attached hydrogens (tertiary/aromatic N) is 4. The van der Waals surface area contributed by atoms with Crippen LogP contribution in [-0.4, -0.2) is 68.5 Å². The summed E-state index contributed by atoms with van der Waals surface area (Å²) in [6.45, 7) is 4.13. The number of likely N-dealkylation sites (N-methyl/N-ethyl adjacent to an activating group) is 1. The number of piperazine rings is 1. The van der Waals surface area contributed by atoms with Crippen molar-refractivity contribution in [2.24, 2.45) is 0 Å². The molecule has 0 amide bonds. The average Bonchev–Trinajstić information content (AvgIpc) is 3.14. The number of hydrogen-bond acceptors (Lipinski definition) is 8. The Bertz CT molecular complexity index is 832. The van der Waals surface area contributed by atoms with E-state index in [0.717, 1.165) is 23.9 Å². The first-order valence-electron chi connectivity index (χ1n) is 7.58. The molecular formula is C14H22ClN5O4S. The number of rotatable bonds is 4. The van der Waals surface area contributed by atoms with E-state index in [1.807, 2.05) is 7.05 Å². The van der Waals surface area contributed by atoms with E-state index >= 15 is 0 Å². The molecule has 2 aromatic rings. The Balaban J connectivity index is 0.00000225. The van der Waals surface area contributed by atoms with Crippen molar-refractivity contribution in [3.63, 3.8) is 0 Å². The van der Waals surface area contributed by atoms with Gasteiger partial charge in [0.25, 0.3) is 5.89 Å². The summed E-state index contributed by atoms with van der Waals surface area (Å²) in [5.41, 5.74) is 0. The normalized spacial score (nSPS) is 19.2.